The van der Waals surface area contributed by atoms with Crippen LogP contribution in [0.25, 0.3) is 0 Å². The van der Waals surface area contributed by atoms with E-state index in [0.29, 0.717) is 23.2 Å². The lowest BCUT2D eigenvalue weighted by Crippen LogP contribution is -2.35. The number of hydrogen-bond donors (Lipinski definition) is 0. The largest absolute Gasteiger partial charge is 0.444 e. The summed E-state index contributed by atoms with van der Waals surface area (Å²) >= 11 is 1.41. The second-order valence-electron chi connectivity index (χ2n) is 5.89. The van der Waals surface area contributed by atoms with E-state index in [-0.39, 0.29) is 12.0 Å². The Hall–Kier alpha value is -0.950. The van der Waals surface area contributed by atoms with E-state index in [1.165, 1.54) is 11.3 Å². The molecule has 112 valence electrons. The first-order valence-corrected chi connectivity index (χ1v) is 8.81. The molecule has 0 aliphatic carbocycles. The molecule has 1 saturated heterocycles. The van der Waals surface area contributed by atoms with Gasteiger partial charge >= 0.3 is 6.09 Å². The zero-order valence-corrected chi connectivity index (χ0v) is 13.6. The van der Waals surface area contributed by atoms with Gasteiger partial charge < -0.3 is 9.64 Å². The van der Waals surface area contributed by atoms with Crippen molar-refractivity contribution >= 4 is 28.2 Å². The van der Waals surface area contributed by atoms with E-state index < -0.39 is 16.4 Å². The molecule has 0 bridgehead atoms. The smallest absolute Gasteiger partial charge is 0.410 e. The van der Waals surface area contributed by atoms with Crippen molar-refractivity contribution in [2.75, 3.05) is 18.8 Å². The van der Waals surface area contributed by atoms with Crippen LogP contribution in [0.5, 0.6) is 0 Å². The van der Waals surface area contributed by atoms with Gasteiger partial charge in [-0.2, -0.15) is 0 Å². The molecule has 0 aromatic carbocycles. The molecular formula is C13H20N2O3S2. The first-order chi connectivity index (χ1) is 9.35. The SMILES string of the molecule is CC(C)(C)OC(=O)N1CC[C@@H](C[S@](=O)c2nccs2)C1. The third-order valence-electron chi connectivity index (χ3n) is 2.93. The molecule has 2 rings (SSSR count). The monoisotopic (exact) mass is 316 g/mol. The van der Waals surface area contributed by atoms with Gasteiger partial charge in [0.15, 0.2) is 4.34 Å². The van der Waals surface area contributed by atoms with E-state index in [1.54, 1.807) is 11.1 Å². The van der Waals surface area contributed by atoms with Crippen LogP contribution in [0, 0.1) is 5.92 Å². The minimum absolute atomic E-state index is 0.257. The Kier molecular flexibility index (Phi) is 4.80. The topological polar surface area (TPSA) is 59.5 Å². The number of amides is 1. The second-order valence-corrected chi connectivity index (χ2v) is 8.46. The molecule has 2 atom stereocenters. The van der Waals surface area contributed by atoms with Gasteiger partial charge in [0.2, 0.25) is 0 Å². The first kappa shape index (κ1) is 15.4. The normalized spacial score (nSPS) is 20.9. The number of rotatable bonds is 3. The van der Waals surface area contributed by atoms with Crippen LogP contribution in [-0.2, 0) is 15.5 Å². The van der Waals surface area contributed by atoms with E-state index in [0.717, 1.165) is 6.42 Å². The number of aromatic nitrogens is 1. The zero-order chi connectivity index (χ0) is 14.8. The molecule has 7 heteroatoms. The summed E-state index contributed by atoms with van der Waals surface area (Å²) in [5.74, 6) is 0.819. The molecule has 1 amide bonds. The highest BCUT2D eigenvalue weighted by Crippen LogP contribution is 2.22. The van der Waals surface area contributed by atoms with Gasteiger partial charge in [-0.1, -0.05) is 0 Å². The number of ether oxygens (including phenoxy) is 1. The highest BCUT2D eigenvalue weighted by molar-refractivity contribution is 7.87. The van der Waals surface area contributed by atoms with Crippen molar-refractivity contribution in [3.05, 3.63) is 11.6 Å². The molecule has 1 aliphatic heterocycles. The summed E-state index contributed by atoms with van der Waals surface area (Å²) in [5.41, 5.74) is -0.473. The number of carbonyl (C=O) groups is 1. The Bertz CT molecular complexity index is 482. The van der Waals surface area contributed by atoms with Crippen LogP contribution < -0.4 is 0 Å². The second kappa shape index (κ2) is 6.22. The van der Waals surface area contributed by atoms with Gasteiger partial charge in [0, 0.05) is 30.4 Å². The molecule has 0 radical (unpaired) electrons. The third kappa shape index (κ3) is 4.28. The predicted octanol–water partition coefficient (Wildman–Crippen LogP) is 2.51. The summed E-state index contributed by atoms with van der Waals surface area (Å²) in [6, 6.07) is 0. The molecule has 20 heavy (non-hydrogen) atoms. The summed E-state index contributed by atoms with van der Waals surface area (Å²) in [5, 5.41) is 1.83. The number of thiazole rings is 1. The first-order valence-electron chi connectivity index (χ1n) is 6.61. The lowest BCUT2D eigenvalue weighted by Gasteiger charge is -2.24. The maximum Gasteiger partial charge on any atom is 0.410 e. The van der Waals surface area contributed by atoms with Gasteiger partial charge in [0.25, 0.3) is 0 Å². The molecule has 1 aromatic heterocycles. The van der Waals surface area contributed by atoms with Crippen LogP contribution in [-0.4, -0.2) is 44.6 Å². The molecule has 0 saturated carbocycles. The summed E-state index contributed by atoms with van der Waals surface area (Å²) in [4.78, 5) is 17.7. The zero-order valence-electron chi connectivity index (χ0n) is 12.0. The minimum atomic E-state index is -1.06. The van der Waals surface area contributed by atoms with Gasteiger partial charge in [-0.25, -0.2) is 9.78 Å². The van der Waals surface area contributed by atoms with E-state index in [1.807, 2.05) is 26.2 Å². The maximum absolute atomic E-state index is 12.1. The van der Waals surface area contributed by atoms with Crippen molar-refractivity contribution in [3.63, 3.8) is 0 Å². The van der Waals surface area contributed by atoms with Gasteiger partial charge in [-0.3, -0.25) is 4.21 Å². The van der Waals surface area contributed by atoms with Crippen LogP contribution in [0.15, 0.2) is 15.9 Å². The van der Waals surface area contributed by atoms with Crippen molar-refractivity contribution in [1.82, 2.24) is 9.88 Å². The van der Waals surface area contributed by atoms with Crippen LogP contribution in [0.3, 0.4) is 0 Å². The lowest BCUT2D eigenvalue weighted by molar-refractivity contribution is 0.0289. The quantitative estimate of drug-likeness (QED) is 0.859. The third-order valence-corrected chi connectivity index (χ3v) is 5.61. The van der Waals surface area contributed by atoms with Crippen molar-refractivity contribution in [2.45, 2.75) is 37.1 Å². The van der Waals surface area contributed by atoms with Gasteiger partial charge in [0.1, 0.15) is 5.60 Å². The Morgan fingerprint density at radius 3 is 2.95 bits per heavy atom. The Morgan fingerprint density at radius 2 is 2.35 bits per heavy atom. The maximum atomic E-state index is 12.1. The Labute approximate surface area is 125 Å². The summed E-state index contributed by atoms with van der Waals surface area (Å²) < 4.78 is 18.1. The highest BCUT2D eigenvalue weighted by atomic mass is 32.2. The summed E-state index contributed by atoms with van der Waals surface area (Å²) in [7, 11) is -1.06. The van der Waals surface area contributed by atoms with E-state index in [4.69, 9.17) is 4.74 Å². The Morgan fingerprint density at radius 1 is 1.60 bits per heavy atom. The number of nitrogens with zero attached hydrogens (tertiary/aromatic N) is 2. The van der Waals surface area contributed by atoms with E-state index in [9.17, 15) is 9.00 Å². The molecule has 0 spiro atoms. The fourth-order valence-corrected chi connectivity index (χ4v) is 4.25. The fourth-order valence-electron chi connectivity index (χ4n) is 2.07. The molecule has 0 N–H and O–H groups in total. The number of likely N-dealkylation sites (tertiary alicyclic amines) is 1. The summed E-state index contributed by atoms with van der Waals surface area (Å²) in [6.45, 7) is 6.86. The average Bonchev–Trinajstić information content (AvgIpc) is 2.97. The molecule has 1 fully saturated rings. The molecule has 0 unspecified atom stereocenters. The van der Waals surface area contributed by atoms with Crippen molar-refractivity contribution in [3.8, 4) is 0 Å². The van der Waals surface area contributed by atoms with E-state index >= 15 is 0 Å². The molecule has 2 heterocycles. The lowest BCUT2D eigenvalue weighted by atomic mass is 10.2. The Balaban J connectivity index is 1.83. The molecular weight excluding hydrogens is 296 g/mol. The number of hydrogen-bond acceptors (Lipinski definition) is 5. The van der Waals surface area contributed by atoms with Gasteiger partial charge in [0.05, 0.1) is 10.8 Å². The molecule has 1 aromatic rings. The van der Waals surface area contributed by atoms with Gasteiger partial charge in [-0.15, -0.1) is 11.3 Å². The van der Waals surface area contributed by atoms with Crippen LogP contribution in [0.2, 0.25) is 0 Å². The predicted molar refractivity (Wildman–Crippen MR) is 79.3 cm³/mol. The van der Waals surface area contributed by atoms with Crippen molar-refractivity contribution < 1.29 is 13.7 Å². The van der Waals surface area contributed by atoms with Crippen LogP contribution in [0.1, 0.15) is 27.2 Å². The molecule has 5 nitrogen and oxygen atoms in total. The van der Waals surface area contributed by atoms with Crippen molar-refractivity contribution in [2.24, 2.45) is 5.92 Å². The van der Waals surface area contributed by atoms with Crippen LogP contribution in [0.4, 0.5) is 4.79 Å². The van der Waals surface area contributed by atoms with Crippen LogP contribution >= 0.6 is 11.3 Å². The van der Waals surface area contributed by atoms with Crippen molar-refractivity contribution in [1.29, 1.82) is 0 Å². The van der Waals surface area contributed by atoms with E-state index in [2.05, 4.69) is 4.98 Å². The number of carbonyl (C=O) groups excluding carboxylic acids is 1. The summed E-state index contributed by atoms with van der Waals surface area (Å²) in [6.07, 6.45) is 2.26. The highest BCUT2D eigenvalue weighted by Gasteiger charge is 2.31. The average molecular weight is 316 g/mol. The minimum Gasteiger partial charge on any atom is -0.444 e. The van der Waals surface area contributed by atoms with Gasteiger partial charge in [-0.05, 0) is 33.1 Å². The standard InChI is InChI=1S/C13H20N2O3S2/c1-13(2,3)18-12(16)15-6-4-10(8-15)9-20(17)11-14-5-7-19-11/h5,7,10H,4,6,8-9H2,1-3H3/t10-,20+/m1/s1. The molecule has 1 aliphatic rings. The fraction of sp³-hybridized carbons (Fsp3) is 0.692.